The van der Waals surface area contributed by atoms with E-state index in [0.29, 0.717) is 17.8 Å². The number of carbonyl (C=O) groups excluding carboxylic acids is 3. The van der Waals surface area contributed by atoms with Crippen LogP contribution in [0.4, 0.5) is 4.79 Å². The first-order valence-electron chi connectivity index (χ1n) is 7.78. The van der Waals surface area contributed by atoms with Crippen molar-refractivity contribution in [3.05, 3.63) is 35.6 Å². The number of hydrogen-bond acceptors (Lipinski definition) is 7. The van der Waals surface area contributed by atoms with Crippen molar-refractivity contribution in [2.24, 2.45) is 0 Å². The van der Waals surface area contributed by atoms with Crippen LogP contribution in [0.1, 0.15) is 30.0 Å². The van der Waals surface area contributed by atoms with Crippen molar-refractivity contribution in [3.8, 4) is 0 Å². The van der Waals surface area contributed by atoms with Crippen molar-refractivity contribution in [1.29, 1.82) is 0 Å². The van der Waals surface area contributed by atoms with E-state index in [0.717, 1.165) is 5.39 Å². The van der Waals surface area contributed by atoms with Gasteiger partial charge in [-0.3, -0.25) is 10.1 Å². The topological polar surface area (TPSA) is 104 Å². The first-order valence-corrected chi connectivity index (χ1v) is 7.78. The number of benzene rings is 1. The van der Waals surface area contributed by atoms with Crippen molar-refractivity contribution < 1.29 is 33.0 Å². The molecule has 134 valence electrons. The Morgan fingerprint density at radius 1 is 1.08 bits per heavy atom. The van der Waals surface area contributed by atoms with Crippen LogP contribution >= 0.6 is 0 Å². The summed E-state index contributed by atoms with van der Waals surface area (Å²) in [5.74, 6) is -1.64. The minimum absolute atomic E-state index is 0.0291. The summed E-state index contributed by atoms with van der Waals surface area (Å²) in [6.07, 6.45) is -0.899. The molecule has 0 bridgehead atoms. The van der Waals surface area contributed by atoms with Crippen LogP contribution in [0.15, 0.2) is 28.7 Å². The monoisotopic (exact) mass is 349 g/mol. The van der Waals surface area contributed by atoms with E-state index in [4.69, 9.17) is 13.9 Å². The first kappa shape index (κ1) is 18.5. The van der Waals surface area contributed by atoms with Gasteiger partial charge in [0.1, 0.15) is 5.58 Å². The molecule has 2 rings (SSSR count). The number of esters is 1. The zero-order chi connectivity index (χ0) is 18.2. The Bertz CT molecular complexity index is 765. The van der Waals surface area contributed by atoms with Gasteiger partial charge in [0.25, 0.3) is 5.91 Å². The molecule has 0 aliphatic carbocycles. The first-order chi connectivity index (χ1) is 12.1. The molecular formula is C17H19NO7. The van der Waals surface area contributed by atoms with Crippen molar-refractivity contribution in [2.75, 3.05) is 19.8 Å². The molecular weight excluding hydrogens is 330 g/mol. The highest BCUT2D eigenvalue weighted by Crippen LogP contribution is 2.27. The minimum Gasteiger partial charge on any atom is -0.450 e. The van der Waals surface area contributed by atoms with Crippen LogP contribution in [0.25, 0.3) is 11.0 Å². The highest BCUT2D eigenvalue weighted by molar-refractivity contribution is 5.98. The van der Waals surface area contributed by atoms with Crippen molar-refractivity contribution in [1.82, 2.24) is 5.32 Å². The normalized spacial score (nSPS) is 10.5. The summed E-state index contributed by atoms with van der Waals surface area (Å²) in [6.45, 7) is 3.57. The molecule has 1 heterocycles. The average Bonchev–Trinajstić information content (AvgIpc) is 2.96. The molecule has 0 fully saturated rings. The fourth-order valence-corrected chi connectivity index (χ4v) is 2.12. The van der Waals surface area contributed by atoms with E-state index in [-0.39, 0.29) is 19.0 Å². The lowest BCUT2D eigenvalue weighted by Crippen LogP contribution is -2.34. The van der Waals surface area contributed by atoms with Gasteiger partial charge in [-0.15, -0.1) is 0 Å². The predicted molar refractivity (Wildman–Crippen MR) is 87.0 cm³/mol. The molecule has 0 aliphatic rings. The summed E-state index contributed by atoms with van der Waals surface area (Å²) < 4.78 is 20.4. The molecule has 1 aromatic heterocycles. The maximum Gasteiger partial charge on any atom is 0.413 e. The smallest absolute Gasteiger partial charge is 0.413 e. The maximum atomic E-state index is 12.2. The summed E-state index contributed by atoms with van der Waals surface area (Å²) >= 11 is 0. The van der Waals surface area contributed by atoms with Gasteiger partial charge < -0.3 is 18.6 Å². The lowest BCUT2D eigenvalue weighted by Gasteiger charge is -2.06. The van der Waals surface area contributed by atoms with Gasteiger partial charge in [0, 0.05) is 17.6 Å². The fraction of sp³-hybridized carbons (Fsp3) is 0.353. The standard InChI is InChI=1S/C17H19NO7/c1-3-22-9-12-11-7-5-6-8-13(11)25-15(12)16(20)24-10-14(19)18-17(21)23-4-2/h5-8H,3-4,9-10H2,1-2H3,(H,18,19,21). The molecule has 0 spiro atoms. The second kappa shape index (κ2) is 8.84. The van der Waals surface area contributed by atoms with Crippen LogP contribution in [0, 0.1) is 0 Å². The molecule has 2 aromatic rings. The number of rotatable bonds is 7. The summed E-state index contributed by atoms with van der Waals surface area (Å²) in [5.41, 5.74) is 1.06. The SMILES string of the molecule is CCOCc1c(C(=O)OCC(=O)NC(=O)OCC)oc2ccccc12. The van der Waals surface area contributed by atoms with Crippen molar-refractivity contribution in [2.45, 2.75) is 20.5 Å². The Balaban J connectivity index is 2.08. The molecule has 0 radical (unpaired) electrons. The number of carbonyl (C=O) groups is 3. The van der Waals surface area contributed by atoms with Gasteiger partial charge in [-0.25, -0.2) is 9.59 Å². The molecule has 0 saturated heterocycles. The number of furan rings is 1. The summed E-state index contributed by atoms with van der Waals surface area (Å²) in [5, 5.41) is 2.67. The van der Waals surface area contributed by atoms with Gasteiger partial charge in [0.15, 0.2) is 6.61 Å². The Kier molecular flexibility index (Phi) is 6.53. The molecule has 0 aliphatic heterocycles. The molecule has 0 atom stereocenters. The number of ether oxygens (including phenoxy) is 3. The molecule has 0 unspecified atom stereocenters. The molecule has 1 aromatic carbocycles. The van der Waals surface area contributed by atoms with Gasteiger partial charge in [-0.1, -0.05) is 18.2 Å². The van der Waals surface area contributed by atoms with E-state index in [1.165, 1.54) is 0 Å². The Labute approximate surface area is 144 Å². The summed E-state index contributed by atoms with van der Waals surface area (Å²) in [4.78, 5) is 34.9. The fourth-order valence-electron chi connectivity index (χ4n) is 2.12. The van der Waals surface area contributed by atoms with Gasteiger partial charge in [-0.2, -0.15) is 0 Å². The van der Waals surface area contributed by atoms with Crippen LogP contribution < -0.4 is 5.32 Å². The third-order valence-corrected chi connectivity index (χ3v) is 3.19. The van der Waals surface area contributed by atoms with Crippen molar-refractivity contribution >= 4 is 28.9 Å². The number of fused-ring (bicyclic) bond motifs is 1. The van der Waals surface area contributed by atoms with E-state index >= 15 is 0 Å². The lowest BCUT2D eigenvalue weighted by molar-refractivity contribution is -0.123. The number of hydrogen-bond donors (Lipinski definition) is 1. The summed E-state index contributed by atoms with van der Waals surface area (Å²) in [7, 11) is 0. The average molecular weight is 349 g/mol. The van der Waals surface area contributed by atoms with E-state index in [1.807, 2.05) is 18.3 Å². The third-order valence-electron chi connectivity index (χ3n) is 3.19. The highest BCUT2D eigenvalue weighted by atomic mass is 16.6. The number of imide groups is 1. The molecule has 25 heavy (non-hydrogen) atoms. The van der Waals surface area contributed by atoms with Crippen LogP contribution in [0.2, 0.25) is 0 Å². The predicted octanol–water partition coefficient (Wildman–Crippen LogP) is 2.40. The van der Waals surface area contributed by atoms with E-state index in [9.17, 15) is 14.4 Å². The third kappa shape index (κ3) is 4.80. The van der Waals surface area contributed by atoms with Gasteiger partial charge in [0.05, 0.1) is 13.2 Å². The molecule has 8 nitrogen and oxygen atoms in total. The van der Waals surface area contributed by atoms with Crippen LogP contribution in [-0.4, -0.2) is 37.8 Å². The van der Waals surface area contributed by atoms with Gasteiger partial charge >= 0.3 is 12.1 Å². The molecule has 1 N–H and O–H groups in total. The van der Waals surface area contributed by atoms with Crippen LogP contribution in [-0.2, 0) is 25.6 Å². The van der Waals surface area contributed by atoms with Crippen LogP contribution in [0.5, 0.6) is 0 Å². The summed E-state index contributed by atoms with van der Waals surface area (Å²) in [6, 6.07) is 7.11. The van der Waals surface area contributed by atoms with Gasteiger partial charge in [-0.05, 0) is 19.9 Å². The van der Waals surface area contributed by atoms with Crippen molar-refractivity contribution in [3.63, 3.8) is 0 Å². The molecule has 8 heteroatoms. The Morgan fingerprint density at radius 2 is 1.84 bits per heavy atom. The second-order valence-electron chi connectivity index (χ2n) is 4.89. The zero-order valence-corrected chi connectivity index (χ0v) is 14.0. The lowest BCUT2D eigenvalue weighted by atomic mass is 10.1. The van der Waals surface area contributed by atoms with E-state index in [2.05, 4.69) is 4.74 Å². The van der Waals surface area contributed by atoms with Crippen LogP contribution in [0.3, 0.4) is 0 Å². The number of para-hydroxylation sites is 1. The second-order valence-corrected chi connectivity index (χ2v) is 4.89. The molecule has 2 amide bonds. The quantitative estimate of drug-likeness (QED) is 0.765. The number of amides is 2. The van der Waals surface area contributed by atoms with E-state index < -0.39 is 24.6 Å². The molecule has 0 saturated carbocycles. The van der Waals surface area contributed by atoms with E-state index in [1.54, 1.807) is 25.1 Å². The number of alkyl carbamates (subject to hydrolysis) is 1. The minimum atomic E-state index is -0.899. The Morgan fingerprint density at radius 3 is 2.56 bits per heavy atom. The number of nitrogens with one attached hydrogen (secondary N) is 1. The maximum absolute atomic E-state index is 12.2. The van der Waals surface area contributed by atoms with Gasteiger partial charge in [0.2, 0.25) is 5.76 Å². The zero-order valence-electron chi connectivity index (χ0n) is 14.0. The largest absolute Gasteiger partial charge is 0.450 e. The highest BCUT2D eigenvalue weighted by Gasteiger charge is 2.23. The Hall–Kier alpha value is -2.87.